The summed E-state index contributed by atoms with van der Waals surface area (Å²) in [5.41, 5.74) is -0.533. The normalized spacial score (nSPS) is 28.8. The molecule has 0 aromatic carbocycles. The van der Waals surface area contributed by atoms with Gasteiger partial charge in [-0.1, -0.05) is 6.92 Å². The minimum atomic E-state index is -0.533. The molecule has 0 bridgehead atoms. The zero-order valence-electron chi connectivity index (χ0n) is 10.9. The van der Waals surface area contributed by atoms with E-state index in [1.807, 2.05) is 6.92 Å². The van der Waals surface area contributed by atoms with Crippen molar-refractivity contribution >= 4 is 11.8 Å². The van der Waals surface area contributed by atoms with Gasteiger partial charge in [0.1, 0.15) is 5.54 Å². The molecule has 1 heterocycles. The number of amides is 2. The van der Waals surface area contributed by atoms with Gasteiger partial charge in [0.25, 0.3) is 0 Å². The summed E-state index contributed by atoms with van der Waals surface area (Å²) in [6.45, 7) is 2.41. The number of nitriles is 1. The van der Waals surface area contributed by atoms with Crippen LogP contribution in [0.1, 0.15) is 32.6 Å². The van der Waals surface area contributed by atoms with Gasteiger partial charge in [-0.15, -0.1) is 0 Å². The van der Waals surface area contributed by atoms with Crippen LogP contribution in [-0.2, 0) is 9.59 Å². The number of carbonyl (C=O) groups is 2. The number of imide groups is 1. The van der Waals surface area contributed by atoms with Crippen LogP contribution in [0, 0.1) is 23.2 Å². The van der Waals surface area contributed by atoms with Crippen LogP contribution in [0.4, 0.5) is 0 Å². The maximum absolute atomic E-state index is 11.7. The summed E-state index contributed by atoms with van der Waals surface area (Å²) in [4.78, 5) is 24.9. The van der Waals surface area contributed by atoms with E-state index >= 15 is 0 Å². The molecule has 98 valence electrons. The molecule has 1 aliphatic carbocycles. The largest absolute Gasteiger partial charge is 0.302 e. The first-order chi connectivity index (χ1) is 8.58. The van der Waals surface area contributed by atoms with E-state index in [9.17, 15) is 9.59 Å². The molecule has 1 aliphatic heterocycles. The lowest BCUT2D eigenvalue weighted by atomic mass is 9.92. The Bertz CT molecular complexity index is 389. The van der Waals surface area contributed by atoms with E-state index in [1.165, 1.54) is 4.90 Å². The molecule has 3 atom stereocenters. The molecule has 0 radical (unpaired) electrons. The fraction of sp³-hybridized carbons (Fsp3) is 0.769. The summed E-state index contributed by atoms with van der Waals surface area (Å²) in [5, 5.41) is 12.2. The SMILES string of the molecule is CCC(C#N)(CCCN1C(=O)C2CC2C1=O)NC. The summed E-state index contributed by atoms with van der Waals surface area (Å²) < 4.78 is 0. The Morgan fingerprint density at radius 1 is 1.44 bits per heavy atom. The summed E-state index contributed by atoms with van der Waals surface area (Å²) in [6, 6.07) is 2.28. The molecular formula is C13H19N3O2. The molecule has 2 rings (SSSR count). The van der Waals surface area contributed by atoms with E-state index in [2.05, 4.69) is 11.4 Å². The van der Waals surface area contributed by atoms with Gasteiger partial charge >= 0.3 is 0 Å². The van der Waals surface area contributed by atoms with Crippen molar-refractivity contribution < 1.29 is 9.59 Å². The molecule has 0 spiro atoms. The Labute approximate surface area is 107 Å². The molecule has 18 heavy (non-hydrogen) atoms. The molecule has 2 amide bonds. The van der Waals surface area contributed by atoms with Crippen molar-refractivity contribution in [3.05, 3.63) is 0 Å². The highest BCUT2D eigenvalue weighted by molar-refractivity contribution is 6.08. The van der Waals surface area contributed by atoms with Crippen molar-refractivity contribution in [2.24, 2.45) is 11.8 Å². The van der Waals surface area contributed by atoms with Crippen LogP contribution >= 0.6 is 0 Å². The standard InChI is InChI=1S/C13H19N3O2/c1-3-13(8-14,15-2)5-4-6-16-11(17)9-7-10(9)12(16)18/h9-10,15H,3-7H2,1-2H3. The van der Waals surface area contributed by atoms with Gasteiger partial charge in [-0.2, -0.15) is 5.26 Å². The summed E-state index contributed by atoms with van der Waals surface area (Å²) >= 11 is 0. The van der Waals surface area contributed by atoms with E-state index in [-0.39, 0.29) is 23.7 Å². The second-order valence-electron chi connectivity index (χ2n) is 5.18. The smallest absolute Gasteiger partial charge is 0.233 e. The number of piperidine rings is 1. The maximum Gasteiger partial charge on any atom is 0.233 e. The van der Waals surface area contributed by atoms with Gasteiger partial charge < -0.3 is 5.32 Å². The highest BCUT2D eigenvalue weighted by Gasteiger charge is 2.58. The molecule has 1 saturated heterocycles. The van der Waals surface area contributed by atoms with Crippen LogP contribution < -0.4 is 5.32 Å². The molecule has 0 aromatic rings. The molecule has 1 saturated carbocycles. The number of hydrogen-bond acceptors (Lipinski definition) is 4. The first-order valence-electron chi connectivity index (χ1n) is 6.54. The average molecular weight is 249 g/mol. The number of nitrogens with zero attached hydrogens (tertiary/aromatic N) is 2. The quantitative estimate of drug-likeness (QED) is 0.702. The Morgan fingerprint density at radius 2 is 2.06 bits per heavy atom. The number of hydrogen-bond donors (Lipinski definition) is 1. The van der Waals surface area contributed by atoms with Gasteiger partial charge in [-0.05, 0) is 32.7 Å². The highest BCUT2D eigenvalue weighted by atomic mass is 16.2. The zero-order valence-corrected chi connectivity index (χ0v) is 10.9. The lowest BCUT2D eigenvalue weighted by Gasteiger charge is -2.25. The third-order valence-electron chi connectivity index (χ3n) is 4.24. The number of likely N-dealkylation sites (tertiary alicyclic amines) is 1. The first kappa shape index (κ1) is 13.0. The number of fused-ring (bicyclic) bond motifs is 1. The van der Waals surface area contributed by atoms with Gasteiger partial charge in [-0.25, -0.2) is 0 Å². The van der Waals surface area contributed by atoms with E-state index in [0.29, 0.717) is 25.8 Å². The Kier molecular flexibility index (Phi) is 3.40. The maximum atomic E-state index is 11.7. The topological polar surface area (TPSA) is 73.2 Å². The van der Waals surface area contributed by atoms with Crippen LogP contribution in [0.2, 0.25) is 0 Å². The monoisotopic (exact) mass is 249 g/mol. The van der Waals surface area contributed by atoms with E-state index in [0.717, 1.165) is 6.42 Å². The fourth-order valence-electron chi connectivity index (χ4n) is 2.68. The van der Waals surface area contributed by atoms with E-state index in [1.54, 1.807) is 7.05 Å². The van der Waals surface area contributed by atoms with Gasteiger partial charge in [0, 0.05) is 6.54 Å². The fourth-order valence-corrected chi connectivity index (χ4v) is 2.68. The Hall–Kier alpha value is -1.41. The van der Waals surface area contributed by atoms with Crippen molar-refractivity contribution in [2.45, 2.75) is 38.1 Å². The van der Waals surface area contributed by atoms with Gasteiger partial charge in [-0.3, -0.25) is 14.5 Å². The van der Waals surface area contributed by atoms with Crippen LogP contribution in [0.15, 0.2) is 0 Å². The summed E-state index contributed by atoms with van der Waals surface area (Å²) in [7, 11) is 1.77. The second-order valence-corrected chi connectivity index (χ2v) is 5.18. The molecule has 5 nitrogen and oxygen atoms in total. The van der Waals surface area contributed by atoms with Gasteiger partial charge in [0.15, 0.2) is 0 Å². The molecule has 2 fully saturated rings. The first-order valence-corrected chi connectivity index (χ1v) is 6.54. The molecular weight excluding hydrogens is 230 g/mol. The zero-order chi connectivity index (χ0) is 13.3. The van der Waals surface area contributed by atoms with Crippen molar-refractivity contribution in [1.29, 1.82) is 5.26 Å². The molecule has 0 aromatic heterocycles. The van der Waals surface area contributed by atoms with Crippen molar-refractivity contribution in [1.82, 2.24) is 10.2 Å². The van der Waals surface area contributed by atoms with Crippen molar-refractivity contribution in [3.8, 4) is 6.07 Å². The summed E-state index contributed by atoms with van der Waals surface area (Å²) in [6.07, 6.45) is 2.80. The van der Waals surface area contributed by atoms with Crippen molar-refractivity contribution in [2.75, 3.05) is 13.6 Å². The summed E-state index contributed by atoms with van der Waals surface area (Å²) in [5.74, 6) is -0.0515. The van der Waals surface area contributed by atoms with Crippen molar-refractivity contribution in [3.63, 3.8) is 0 Å². The second kappa shape index (κ2) is 4.69. The Balaban J connectivity index is 1.84. The third-order valence-corrected chi connectivity index (χ3v) is 4.24. The number of rotatable bonds is 6. The van der Waals surface area contributed by atoms with Crippen LogP contribution in [-0.4, -0.2) is 35.8 Å². The molecule has 2 aliphatic rings. The predicted octanol–water partition coefficient (Wildman–Crippen LogP) is 0.663. The van der Waals surface area contributed by atoms with Crippen LogP contribution in [0.25, 0.3) is 0 Å². The minimum Gasteiger partial charge on any atom is -0.302 e. The number of nitrogens with one attached hydrogen (secondary N) is 1. The molecule has 3 unspecified atom stereocenters. The third kappa shape index (κ3) is 2.01. The van der Waals surface area contributed by atoms with Gasteiger partial charge in [0.05, 0.1) is 17.9 Å². The van der Waals surface area contributed by atoms with E-state index < -0.39 is 5.54 Å². The minimum absolute atomic E-state index is 0.00601. The van der Waals surface area contributed by atoms with Crippen LogP contribution in [0.5, 0.6) is 0 Å². The molecule has 5 heteroatoms. The van der Waals surface area contributed by atoms with Gasteiger partial charge in [0.2, 0.25) is 11.8 Å². The molecule has 1 N–H and O–H groups in total. The average Bonchev–Trinajstić information content (AvgIpc) is 3.14. The van der Waals surface area contributed by atoms with Crippen LogP contribution in [0.3, 0.4) is 0 Å². The van der Waals surface area contributed by atoms with E-state index in [4.69, 9.17) is 5.26 Å². The lowest BCUT2D eigenvalue weighted by molar-refractivity contribution is -0.141. The predicted molar refractivity (Wildman–Crippen MR) is 65.2 cm³/mol. The Morgan fingerprint density at radius 3 is 2.50 bits per heavy atom. The highest BCUT2D eigenvalue weighted by Crippen LogP contribution is 2.46. The lowest BCUT2D eigenvalue weighted by Crippen LogP contribution is -2.42. The number of carbonyl (C=O) groups excluding carboxylic acids is 2.